The quantitative estimate of drug-likeness (QED) is 0.831. The van der Waals surface area contributed by atoms with Crippen LogP contribution in [-0.2, 0) is 4.79 Å². The van der Waals surface area contributed by atoms with Crippen LogP contribution in [0.2, 0.25) is 0 Å². The molecule has 84 valence electrons. The molecule has 0 heterocycles. The van der Waals surface area contributed by atoms with E-state index in [1.54, 1.807) is 12.1 Å². The molecule has 0 amide bonds. The third kappa shape index (κ3) is 2.42. The number of hydrogen-bond acceptors (Lipinski definition) is 4. The van der Waals surface area contributed by atoms with Crippen molar-refractivity contribution in [1.29, 1.82) is 5.26 Å². The molecule has 1 unspecified atom stereocenters. The lowest BCUT2D eigenvalue weighted by molar-refractivity contribution is -0.137. The summed E-state index contributed by atoms with van der Waals surface area (Å²) in [5.41, 5.74) is 0.339. The first-order chi connectivity index (χ1) is 7.62. The lowest BCUT2D eigenvalue weighted by Gasteiger charge is -2.09. The molecule has 0 fully saturated rings. The van der Waals surface area contributed by atoms with Crippen molar-refractivity contribution in [2.24, 2.45) is 0 Å². The van der Waals surface area contributed by atoms with Crippen LogP contribution < -0.4 is 9.47 Å². The summed E-state index contributed by atoms with van der Waals surface area (Å²) in [5.74, 6) is -1.51. The minimum absolute atomic E-state index is 0.339. The molecule has 16 heavy (non-hydrogen) atoms. The first-order valence-corrected chi connectivity index (χ1v) is 4.47. The molecule has 0 aliphatic rings. The SMILES string of the molecule is COc1cc(OC)cc(C(C#N)C(=O)O)c1. The summed E-state index contributed by atoms with van der Waals surface area (Å²) in [7, 11) is 2.92. The topological polar surface area (TPSA) is 79.5 Å². The molecule has 1 N–H and O–H groups in total. The molecule has 0 aromatic heterocycles. The molecule has 1 aromatic rings. The van der Waals surface area contributed by atoms with E-state index in [-0.39, 0.29) is 0 Å². The van der Waals surface area contributed by atoms with Gasteiger partial charge in [0.05, 0.1) is 20.3 Å². The number of rotatable bonds is 4. The highest BCUT2D eigenvalue weighted by Crippen LogP contribution is 2.27. The lowest BCUT2D eigenvalue weighted by Crippen LogP contribution is -2.09. The normalized spacial score (nSPS) is 11.3. The molecule has 0 radical (unpaired) electrons. The highest BCUT2D eigenvalue weighted by Gasteiger charge is 2.20. The zero-order valence-corrected chi connectivity index (χ0v) is 8.93. The Balaban J connectivity index is 3.22. The van der Waals surface area contributed by atoms with Crippen LogP contribution in [0.1, 0.15) is 11.5 Å². The van der Waals surface area contributed by atoms with Gasteiger partial charge in [0.25, 0.3) is 0 Å². The van der Waals surface area contributed by atoms with Gasteiger partial charge in [-0.05, 0) is 17.7 Å². The molecule has 0 aliphatic carbocycles. The van der Waals surface area contributed by atoms with Gasteiger partial charge in [0.2, 0.25) is 0 Å². The van der Waals surface area contributed by atoms with Gasteiger partial charge < -0.3 is 14.6 Å². The monoisotopic (exact) mass is 221 g/mol. The number of carboxylic acid groups (broad SMARTS) is 1. The van der Waals surface area contributed by atoms with Gasteiger partial charge in [-0.1, -0.05) is 0 Å². The summed E-state index contributed by atoms with van der Waals surface area (Å²) < 4.78 is 9.98. The van der Waals surface area contributed by atoms with Crippen molar-refractivity contribution in [3.63, 3.8) is 0 Å². The van der Waals surface area contributed by atoms with Crippen LogP contribution in [0.3, 0.4) is 0 Å². The molecule has 0 saturated carbocycles. The maximum absolute atomic E-state index is 10.8. The van der Waals surface area contributed by atoms with Gasteiger partial charge in [-0.2, -0.15) is 5.26 Å². The predicted molar refractivity (Wildman–Crippen MR) is 55.5 cm³/mol. The van der Waals surface area contributed by atoms with Crippen LogP contribution >= 0.6 is 0 Å². The van der Waals surface area contributed by atoms with Gasteiger partial charge in [0, 0.05) is 6.07 Å². The minimum atomic E-state index is -1.22. The fraction of sp³-hybridized carbons (Fsp3) is 0.273. The van der Waals surface area contributed by atoms with Gasteiger partial charge in [0.15, 0.2) is 5.92 Å². The number of ether oxygens (including phenoxy) is 2. The van der Waals surface area contributed by atoms with E-state index in [4.69, 9.17) is 19.8 Å². The number of carbonyl (C=O) groups is 1. The van der Waals surface area contributed by atoms with Crippen molar-refractivity contribution >= 4 is 5.97 Å². The maximum atomic E-state index is 10.8. The average molecular weight is 221 g/mol. The molecule has 0 saturated heterocycles. The molecule has 1 atom stereocenters. The van der Waals surface area contributed by atoms with Crippen LogP contribution in [0.5, 0.6) is 11.5 Å². The Labute approximate surface area is 92.8 Å². The van der Waals surface area contributed by atoms with E-state index < -0.39 is 11.9 Å². The number of nitrogens with zero attached hydrogens (tertiary/aromatic N) is 1. The van der Waals surface area contributed by atoms with Crippen LogP contribution in [0.15, 0.2) is 18.2 Å². The standard InChI is InChI=1S/C11H11NO4/c1-15-8-3-7(4-9(5-8)16-2)10(6-12)11(13)14/h3-5,10H,1-2H3,(H,13,14). The number of hydrogen-bond donors (Lipinski definition) is 1. The molecule has 0 bridgehead atoms. The second kappa shape index (κ2) is 5.03. The summed E-state index contributed by atoms with van der Waals surface area (Å²) in [5, 5.41) is 17.6. The molecular formula is C11H11NO4. The summed E-state index contributed by atoms with van der Waals surface area (Å²) >= 11 is 0. The second-order valence-electron chi connectivity index (χ2n) is 3.05. The Morgan fingerprint density at radius 2 is 1.81 bits per heavy atom. The smallest absolute Gasteiger partial charge is 0.325 e. The van der Waals surface area contributed by atoms with Gasteiger partial charge in [-0.15, -0.1) is 0 Å². The summed E-state index contributed by atoms with van der Waals surface area (Å²) in [6, 6.07) is 6.33. The van der Waals surface area contributed by atoms with Crippen molar-refractivity contribution in [1.82, 2.24) is 0 Å². The van der Waals surface area contributed by atoms with E-state index in [0.717, 1.165) is 0 Å². The number of carboxylic acids is 1. The number of benzene rings is 1. The average Bonchev–Trinajstić information content (AvgIpc) is 2.29. The highest BCUT2D eigenvalue weighted by molar-refractivity contribution is 5.79. The van der Waals surface area contributed by atoms with Gasteiger partial charge in [0.1, 0.15) is 11.5 Å². The van der Waals surface area contributed by atoms with Crippen molar-refractivity contribution in [3.8, 4) is 17.6 Å². The van der Waals surface area contributed by atoms with Crippen molar-refractivity contribution in [2.45, 2.75) is 5.92 Å². The molecule has 0 spiro atoms. The lowest BCUT2D eigenvalue weighted by atomic mass is 10.0. The van der Waals surface area contributed by atoms with E-state index in [1.165, 1.54) is 26.4 Å². The van der Waals surface area contributed by atoms with Gasteiger partial charge in [-0.3, -0.25) is 4.79 Å². The van der Waals surface area contributed by atoms with E-state index in [2.05, 4.69) is 0 Å². The molecule has 5 nitrogen and oxygen atoms in total. The largest absolute Gasteiger partial charge is 0.497 e. The first kappa shape index (κ1) is 11.9. The first-order valence-electron chi connectivity index (χ1n) is 4.47. The zero-order chi connectivity index (χ0) is 12.1. The van der Waals surface area contributed by atoms with Gasteiger partial charge >= 0.3 is 5.97 Å². The van der Waals surface area contributed by atoms with Crippen molar-refractivity contribution in [2.75, 3.05) is 14.2 Å². The Kier molecular flexibility index (Phi) is 3.72. The Morgan fingerprint density at radius 3 is 2.12 bits per heavy atom. The highest BCUT2D eigenvalue weighted by atomic mass is 16.5. The molecular weight excluding hydrogens is 210 g/mol. The Bertz CT molecular complexity index is 414. The van der Waals surface area contributed by atoms with Gasteiger partial charge in [-0.25, -0.2) is 0 Å². The molecule has 0 aliphatic heterocycles. The number of nitriles is 1. The number of aliphatic carboxylic acids is 1. The van der Waals surface area contributed by atoms with Crippen molar-refractivity contribution in [3.05, 3.63) is 23.8 Å². The van der Waals surface area contributed by atoms with Crippen LogP contribution in [0.25, 0.3) is 0 Å². The van der Waals surface area contributed by atoms with E-state index in [0.29, 0.717) is 17.1 Å². The Morgan fingerprint density at radius 1 is 1.31 bits per heavy atom. The third-order valence-corrected chi connectivity index (χ3v) is 2.08. The molecule has 1 aromatic carbocycles. The fourth-order valence-electron chi connectivity index (χ4n) is 1.27. The predicted octanol–water partition coefficient (Wildman–Crippen LogP) is 1.40. The van der Waals surface area contributed by atoms with E-state index in [9.17, 15) is 4.79 Å². The Hall–Kier alpha value is -2.22. The maximum Gasteiger partial charge on any atom is 0.325 e. The summed E-state index contributed by atoms with van der Waals surface area (Å²) in [4.78, 5) is 10.8. The molecule has 1 rings (SSSR count). The second-order valence-corrected chi connectivity index (χ2v) is 3.05. The fourth-order valence-corrected chi connectivity index (χ4v) is 1.27. The zero-order valence-electron chi connectivity index (χ0n) is 8.93. The summed E-state index contributed by atoms with van der Waals surface area (Å²) in [6.45, 7) is 0. The van der Waals surface area contributed by atoms with Crippen molar-refractivity contribution < 1.29 is 19.4 Å². The number of methoxy groups -OCH3 is 2. The minimum Gasteiger partial charge on any atom is -0.497 e. The van der Waals surface area contributed by atoms with E-state index >= 15 is 0 Å². The third-order valence-electron chi connectivity index (χ3n) is 2.08. The van der Waals surface area contributed by atoms with Crippen LogP contribution in [-0.4, -0.2) is 25.3 Å². The summed E-state index contributed by atoms with van der Waals surface area (Å²) in [6.07, 6.45) is 0. The molecule has 5 heteroatoms. The van der Waals surface area contributed by atoms with E-state index in [1.807, 2.05) is 0 Å². The van der Waals surface area contributed by atoms with Crippen LogP contribution in [0, 0.1) is 11.3 Å². The van der Waals surface area contributed by atoms with Crippen LogP contribution in [0.4, 0.5) is 0 Å².